The summed E-state index contributed by atoms with van der Waals surface area (Å²) in [5, 5.41) is 10.6. The lowest BCUT2D eigenvalue weighted by atomic mass is 9.92. The number of rotatable bonds is 11. The normalized spacial score (nSPS) is 19.9. The Bertz CT molecular complexity index is 1490. The van der Waals surface area contributed by atoms with E-state index in [2.05, 4.69) is 0 Å². The number of aliphatic hydroxyl groups is 1. The highest BCUT2D eigenvalue weighted by atomic mass is 32.2. The van der Waals surface area contributed by atoms with E-state index >= 15 is 0 Å². The van der Waals surface area contributed by atoms with Crippen LogP contribution in [0.5, 0.6) is 5.75 Å². The maximum Gasteiger partial charge on any atom is 0.288 e. The first kappa shape index (κ1) is 31.1. The summed E-state index contributed by atoms with van der Waals surface area (Å²) in [4.78, 5) is 15.6. The van der Waals surface area contributed by atoms with Crippen LogP contribution in [0, 0.1) is 0 Å². The van der Waals surface area contributed by atoms with Gasteiger partial charge in [-0.2, -0.15) is 4.31 Å². The molecular weight excluding hydrogens is 572 g/mol. The van der Waals surface area contributed by atoms with Crippen molar-refractivity contribution < 1.29 is 36.9 Å². The Labute approximate surface area is 252 Å². The van der Waals surface area contributed by atoms with Gasteiger partial charge in [0.2, 0.25) is 16.3 Å². The first-order valence-electron chi connectivity index (χ1n) is 14.9. The van der Waals surface area contributed by atoms with Gasteiger partial charge in [-0.25, -0.2) is 8.42 Å². The second-order valence-corrected chi connectivity index (χ2v) is 12.8. The zero-order chi connectivity index (χ0) is 30.2. The number of para-hydroxylation sites is 1. The lowest BCUT2D eigenvalue weighted by Gasteiger charge is -2.32. The first-order chi connectivity index (χ1) is 20.9. The van der Waals surface area contributed by atoms with Crippen molar-refractivity contribution in [1.29, 1.82) is 0 Å². The molecule has 1 N–H and O–H groups in total. The molecule has 5 rings (SSSR count). The number of hydrogen-bond acceptors (Lipinski definition) is 8. The van der Waals surface area contributed by atoms with E-state index in [1.165, 1.54) is 30.0 Å². The van der Waals surface area contributed by atoms with Crippen molar-refractivity contribution in [3.8, 4) is 5.75 Å². The number of likely N-dealkylation sites (tertiary alicyclic amines) is 1. The van der Waals surface area contributed by atoms with Gasteiger partial charge in [0.15, 0.2) is 5.76 Å². The van der Waals surface area contributed by atoms with Crippen LogP contribution < -0.4 is 4.74 Å². The highest BCUT2D eigenvalue weighted by molar-refractivity contribution is 7.89. The van der Waals surface area contributed by atoms with Crippen molar-refractivity contribution in [2.45, 2.75) is 55.6 Å². The summed E-state index contributed by atoms with van der Waals surface area (Å²) in [6.45, 7) is 0.929. The van der Waals surface area contributed by atoms with Gasteiger partial charge >= 0.3 is 0 Å². The second-order valence-electron chi connectivity index (χ2n) is 10.8. The van der Waals surface area contributed by atoms with Crippen molar-refractivity contribution in [3.63, 3.8) is 0 Å². The molecule has 0 unspecified atom stereocenters. The molecule has 11 heteroatoms. The third-order valence-electron chi connectivity index (χ3n) is 8.01. The zero-order valence-corrected chi connectivity index (χ0v) is 25.3. The predicted molar refractivity (Wildman–Crippen MR) is 161 cm³/mol. The van der Waals surface area contributed by atoms with Crippen LogP contribution >= 0.6 is 0 Å². The molecule has 2 atom stereocenters. The molecule has 0 saturated carbocycles. The Morgan fingerprint density at radius 3 is 2.47 bits per heavy atom. The van der Waals surface area contributed by atoms with Crippen molar-refractivity contribution in [2.24, 2.45) is 0 Å². The SMILES string of the molecule is COc1ccc(S(=O)(=O)N(CCO)CCO[C@@H]2C[C@H](c3coc4ccccc34)C=C(C(=O)N3CCCCCCC3)O2)cc1. The van der Waals surface area contributed by atoms with Crippen LogP contribution in [0.2, 0.25) is 0 Å². The Balaban J connectivity index is 1.32. The fourth-order valence-electron chi connectivity index (χ4n) is 5.67. The van der Waals surface area contributed by atoms with E-state index in [1.54, 1.807) is 18.4 Å². The summed E-state index contributed by atoms with van der Waals surface area (Å²) in [5.41, 5.74) is 1.70. The van der Waals surface area contributed by atoms with Crippen LogP contribution in [-0.4, -0.2) is 81.4 Å². The number of fused-ring (bicyclic) bond motifs is 1. The second kappa shape index (κ2) is 14.4. The number of hydrogen-bond donors (Lipinski definition) is 1. The van der Waals surface area contributed by atoms with E-state index in [-0.39, 0.29) is 48.8 Å². The van der Waals surface area contributed by atoms with Gasteiger partial charge in [0.25, 0.3) is 5.91 Å². The third-order valence-corrected chi connectivity index (χ3v) is 9.93. The summed E-state index contributed by atoms with van der Waals surface area (Å²) in [5.74, 6) is 0.425. The standard InChI is InChI=1S/C32H40N2O8S/c1-39-25-11-13-26(14-12-25)43(37,38)34(17-19-35)18-20-40-31-22-24(28-23-41-29-10-6-5-9-27(28)29)21-30(42-31)32(36)33-15-7-3-2-4-8-16-33/h5-6,9-14,21,23-24,31,35H,2-4,7-8,15-20,22H2,1H3/t24-,31+/m1/s1. The quantitative estimate of drug-likeness (QED) is 0.333. The molecule has 10 nitrogen and oxygen atoms in total. The fourth-order valence-corrected chi connectivity index (χ4v) is 7.08. The Morgan fingerprint density at radius 1 is 1.02 bits per heavy atom. The number of nitrogens with zero attached hydrogens (tertiary/aromatic N) is 2. The molecule has 3 heterocycles. The minimum atomic E-state index is -3.89. The van der Waals surface area contributed by atoms with Gasteiger partial charge in [-0.05, 0) is 49.2 Å². The Kier molecular flexibility index (Phi) is 10.4. The molecule has 1 aromatic heterocycles. The number of methoxy groups -OCH3 is 1. The molecule has 0 radical (unpaired) electrons. The molecule has 2 aromatic carbocycles. The average Bonchev–Trinajstić information content (AvgIpc) is 3.44. The van der Waals surface area contributed by atoms with Crippen molar-refractivity contribution in [2.75, 3.05) is 46.5 Å². The fraction of sp³-hybridized carbons (Fsp3) is 0.469. The van der Waals surface area contributed by atoms with E-state index in [0.717, 1.165) is 42.2 Å². The molecule has 3 aromatic rings. The lowest BCUT2D eigenvalue weighted by Crippen LogP contribution is -2.39. The van der Waals surface area contributed by atoms with Gasteiger partial charge in [0.1, 0.15) is 11.3 Å². The first-order valence-corrected chi connectivity index (χ1v) is 16.3. The largest absolute Gasteiger partial charge is 0.497 e. The number of amides is 1. The van der Waals surface area contributed by atoms with E-state index in [9.17, 15) is 18.3 Å². The van der Waals surface area contributed by atoms with Gasteiger partial charge in [0, 0.05) is 49.5 Å². The van der Waals surface area contributed by atoms with E-state index in [1.807, 2.05) is 35.2 Å². The molecular formula is C32H40N2O8S. The predicted octanol–water partition coefficient (Wildman–Crippen LogP) is 4.65. The van der Waals surface area contributed by atoms with Crippen LogP contribution in [0.3, 0.4) is 0 Å². The number of ether oxygens (including phenoxy) is 3. The highest BCUT2D eigenvalue weighted by Gasteiger charge is 2.33. The summed E-state index contributed by atoms with van der Waals surface area (Å²) in [6.07, 6.45) is 8.53. The number of sulfonamides is 1. The van der Waals surface area contributed by atoms with Gasteiger partial charge in [-0.1, -0.05) is 37.5 Å². The number of aliphatic hydroxyl groups excluding tert-OH is 1. The minimum Gasteiger partial charge on any atom is -0.497 e. The lowest BCUT2D eigenvalue weighted by molar-refractivity contribution is -0.153. The topological polar surface area (TPSA) is 119 Å². The molecule has 1 amide bonds. The van der Waals surface area contributed by atoms with Crippen molar-refractivity contribution in [1.82, 2.24) is 9.21 Å². The summed E-state index contributed by atoms with van der Waals surface area (Å²) < 4.78 is 51.0. The van der Waals surface area contributed by atoms with Gasteiger partial charge in [0.05, 0.1) is 31.5 Å². The molecule has 1 fully saturated rings. The molecule has 43 heavy (non-hydrogen) atoms. The summed E-state index contributed by atoms with van der Waals surface area (Å²) >= 11 is 0. The molecule has 2 aliphatic heterocycles. The molecule has 2 aliphatic rings. The molecule has 232 valence electrons. The van der Waals surface area contributed by atoms with Gasteiger partial charge < -0.3 is 28.6 Å². The maximum atomic E-state index is 13.7. The molecule has 0 bridgehead atoms. The minimum absolute atomic E-state index is 0.00406. The highest BCUT2D eigenvalue weighted by Crippen LogP contribution is 2.37. The zero-order valence-electron chi connectivity index (χ0n) is 24.5. The molecule has 0 spiro atoms. The van der Waals surface area contributed by atoms with E-state index < -0.39 is 16.3 Å². The number of allylic oxidation sites excluding steroid dienone is 1. The maximum absolute atomic E-state index is 13.7. The van der Waals surface area contributed by atoms with Gasteiger partial charge in [-0.3, -0.25) is 4.79 Å². The number of carbonyl (C=O) groups excluding carboxylic acids is 1. The number of benzene rings is 2. The van der Waals surface area contributed by atoms with Crippen molar-refractivity contribution >= 4 is 26.9 Å². The van der Waals surface area contributed by atoms with Crippen LogP contribution in [0.15, 0.2) is 75.9 Å². The van der Waals surface area contributed by atoms with Crippen LogP contribution in [0.4, 0.5) is 0 Å². The smallest absolute Gasteiger partial charge is 0.288 e. The van der Waals surface area contributed by atoms with Crippen LogP contribution in [0.1, 0.15) is 50.0 Å². The van der Waals surface area contributed by atoms with E-state index in [4.69, 9.17) is 18.6 Å². The van der Waals surface area contributed by atoms with Gasteiger partial charge in [-0.15, -0.1) is 0 Å². The Hall–Kier alpha value is -3.38. The monoisotopic (exact) mass is 612 g/mol. The number of carbonyl (C=O) groups is 1. The van der Waals surface area contributed by atoms with E-state index in [0.29, 0.717) is 25.3 Å². The summed E-state index contributed by atoms with van der Waals surface area (Å²) in [6, 6.07) is 13.8. The average molecular weight is 613 g/mol. The molecule has 0 aliphatic carbocycles. The van der Waals surface area contributed by atoms with Crippen LogP contribution in [-0.2, 0) is 24.3 Å². The third kappa shape index (κ3) is 7.41. The summed E-state index contributed by atoms with van der Waals surface area (Å²) in [7, 11) is -2.39. The number of furan rings is 1. The molecule has 1 saturated heterocycles. The Morgan fingerprint density at radius 2 is 1.74 bits per heavy atom. The van der Waals surface area contributed by atoms with Crippen molar-refractivity contribution in [3.05, 3.63) is 72.2 Å². The van der Waals surface area contributed by atoms with Crippen LogP contribution in [0.25, 0.3) is 11.0 Å².